The second kappa shape index (κ2) is 6.84. The van der Waals surface area contributed by atoms with Crippen LogP contribution in [-0.2, 0) is 27.2 Å². The molecule has 1 aliphatic heterocycles. The van der Waals surface area contributed by atoms with Gasteiger partial charge in [0.25, 0.3) is 5.91 Å². The van der Waals surface area contributed by atoms with E-state index in [4.69, 9.17) is 16.3 Å². The van der Waals surface area contributed by atoms with Crippen molar-refractivity contribution < 1.29 is 14.3 Å². The molecule has 1 amide bonds. The van der Waals surface area contributed by atoms with E-state index >= 15 is 0 Å². The molecule has 0 saturated carbocycles. The topological polar surface area (TPSA) is 46.6 Å². The first-order valence-electron chi connectivity index (χ1n) is 7.42. The van der Waals surface area contributed by atoms with E-state index in [1.165, 1.54) is 0 Å². The van der Waals surface area contributed by atoms with Gasteiger partial charge in [0.05, 0.1) is 6.42 Å². The average molecular weight is 330 g/mol. The van der Waals surface area contributed by atoms with Gasteiger partial charge in [0.15, 0.2) is 6.61 Å². The van der Waals surface area contributed by atoms with Crippen LogP contribution in [0.25, 0.3) is 0 Å². The third-order valence-corrected chi connectivity index (χ3v) is 4.21. The molecule has 1 aliphatic rings. The zero-order valence-electron chi connectivity index (χ0n) is 12.5. The number of carbonyl (C=O) groups is 2. The summed E-state index contributed by atoms with van der Waals surface area (Å²) in [5.41, 5.74) is 2.74. The maximum atomic E-state index is 12.3. The van der Waals surface area contributed by atoms with Crippen LogP contribution in [0, 0.1) is 0 Å². The molecule has 0 aliphatic carbocycles. The average Bonchev–Trinajstić information content (AvgIpc) is 2.99. The molecule has 0 N–H and O–H groups in total. The number of nitrogens with zero attached hydrogens (tertiary/aromatic N) is 1. The number of para-hydroxylation sites is 1. The predicted octanol–water partition coefficient (Wildman–Crippen LogP) is 3.02. The molecule has 0 radical (unpaired) electrons. The number of ether oxygens (including phenoxy) is 1. The Morgan fingerprint density at radius 3 is 2.65 bits per heavy atom. The van der Waals surface area contributed by atoms with Crippen molar-refractivity contribution in [1.29, 1.82) is 0 Å². The molecule has 23 heavy (non-hydrogen) atoms. The number of benzene rings is 2. The maximum absolute atomic E-state index is 12.3. The summed E-state index contributed by atoms with van der Waals surface area (Å²) in [5.74, 6) is -0.665. The Kier molecular flexibility index (Phi) is 4.63. The number of halogens is 1. The second-order valence-corrected chi connectivity index (χ2v) is 5.76. The molecule has 4 nitrogen and oxygen atoms in total. The highest BCUT2D eigenvalue weighted by Gasteiger charge is 2.24. The van der Waals surface area contributed by atoms with Gasteiger partial charge < -0.3 is 9.64 Å². The van der Waals surface area contributed by atoms with Gasteiger partial charge in [-0.2, -0.15) is 0 Å². The zero-order valence-corrected chi connectivity index (χ0v) is 13.3. The van der Waals surface area contributed by atoms with E-state index < -0.39 is 5.97 Å². The molecule has 0 saturated heterocycles. The van der Waals surface area contributed by atoms with Crippen molar-refractivity contribution in [2.24, 2.45) is 0 Å². The van der Waals surface area contributed by atoms with Crippen molar-refractivity contribution in [2.45, 2.75) is 12.8 Å². The molecule has 118 valence electrons. The van der Waals surface area contributed by atoms with Gasteiger partial charge >= 0.3 is 5.97 Å². The molecule has 5 heteroatoms. The Morgan fingerprint density at radius 1 is 1.09 bits per heavy atom. The number of anilines is 1. The summed E-state index contributed by atoms with van der Waals surface area (Å²) >= 11 is 6.01. The third-order valence-electron chi connectivity index (χ3n) is 3.84. The van der Waals surface area contributed by atoms with E-state index in [2.05, 4.69) is 0 Å². The normalized spacial score (nSPS) is 12.8. The van der Waals surface area contributed by atoms with Gasteiger partial charge in [0.1, 0.15) is 0 Å². The van der Waals surface area contributed by atoms with Crippen molar-refractivity contribution in [3.63, 3.8) is 0 Å². The van der Waals surface area contributed by atoms with Crippen LogP contribution in [-0.4, -0.2) is 25.0 Å². The third kappa shape index (κ3) is 3.54. The maximum Gasteiger partial charge on any atom is 0.310 e. The number of hydrogen-bond donors (Lipinski definition) is 0. The van der Waals surface area contributed by atoms with Gasteiger partial charge in [-0.05, 0) is 29.7 Å². The molecule has 2 aromatic carbocycles. The van der Waals surface area contributed by atoms with Crippen LogP contribution in [0.3, 0.4) is 0 Å². The number of fused-ring (bicyclic) bond motifs is 1. The minimum absolute atomic E-state index is 0.0591. The predicted molar refractivity (Wildman–Crippen MR) is 88.6 cm³/mol. The quantitative estimate of drug-likeness (QED) is 0.810. The van der Waals surface area contributed by atoms with Crippen molar-refractivity contribution >= 4 is 29.2 Å². The fraction of sp³-hybridized carbons (Fsp3) is 0.222. The highest BCUT2D eigenvalue weighted by atomic mass is 35.5. The van der Waals surface area contributed by atoms with Crippen molar-refractivity contribution in [1.82, 2.24) is 0 Å². The van der Waals surface area contributed by atoms with E-state index in [1.54, 1.807) is 29.2 Å². The monoisotopic (exact) mass is 329 g/mol. The molecule has 0 atom stereocenters. The van der Waals surface area contributed by atoms with Crippen LogP contribution < -0.4 is 4.90 Å². The van der Waals surface area contributed by atoms with Gasteiger partial charge in [-0.3, -0.25) is 9.59 Å². The highest BCUT2D eigenvalue weighted by Crippen LogP contribution is 2.27. The summed E-state index contributed by atoms with van der Waals surface area (Å²) < 4.78 is 5.10. The molecule has 0 aromatic heterocycles. The first kappa shape index (κ1) is 15.6. The van der Waals surface area contributed by atoms with Gasteiger partial charge in [-0.25, -0.2) is 0 Å². The van der Waals surface area contributed by atoms with Gasteiger partial charge in [0.2, 0.25) is 0 Å². The van der Waals surface area contributed by atoms with E-state index in [1.807, 2.05) is 24.3 Å². The smallest absolute Gasteiger partial charge is 0.310 e. The fourth-order valence-electron chi connectivity index (χ4n) is 2.67. The van der Waals surface area contributed by atoms with Gasteiger partial charge in [-0.15, -0.1) is 0 Å². The number of hydrogen-bond acceptors (Lipinski definition) is 3. The van der Waals surface area contributed by atoms with Gasteiger partial charge in [0, 0.05) is 17.3 Å². The summed E-state index contributed by atoms with van der Waals surface area (Å²) in [6.45, 7) is 0.373. The summed E-state index contributed by atoms with van der Waals surface area (Å²) in [7, 11) is 0. The lowest BCUT2D eigenvalue weighted by molar-refractivity contribution is -0.147. The Labute approximate surface area is 139 Å². The Balaban J connectivity index is 1.56. The molecule has 0 fully saturated rings. The molecular formula is C18H16ClNO3. The molecule has 2 aromatic rings. The Bertz CT molecular complexity index is 745. The van der Waals surface area contributed by atoms with Crippen LogP contribution in [0.15, 0.2) is 48.5 Å². The molecule has 0 unspecified atom stereocenters. The fourth-order valence-corrected chi connectivity index (χ4v) is 2.87. The van der Waals surface area contributed by atoms with Crippen LogP contribution >= 0.6 is 11.6 Å². The number of rotatable bonds is 4. The standard InChI is InChI=1S/C18H16ClNO3/c19-15-7-3-1-6-14(15)11-18(22)23-12-17(21)20-10-9-13-5-2-4-8-16(13)20/h1-8H,9-12H2. The highest BCUT2D eigenvalue weighted by molar-refractivity contribution is 6.31. The number of esters is 1. The lowest BCUT2D eigenvalue weighted by atomic mass is 10.1. The minimum Gasteiger partial charge on any atom is -0.455 e. The molecular weight excluding hydrogens is 314 g/mol. The van der Waals surface area contributed by atoms with E-state index in [0.29, 0.717) is 17.1 Å². The summed E-state index contributed by atoms with van der Waals surface area (Å²) in [6, 6.07) is 14.9. The van der Waals surface area contributed by atoms with Crippen molar-refractivity contribution in [3.05, 3.63) is 64.7 Å². The van der Waals surface area contributed by atoms with Gasteiger partial charge in [-0.1, -0.05) is 48.0 Å². The van der Waals surface area contributed by atoms with E-state index in [-0.39, 0.29) is 18.9 Å². The number of amides is 1. The van der Waals surface area contributed by atoms with Crippen LogP contribution in [0.4, 0.5) is 5.69 Å². The van der Waals surface area contributed by atoms with E-state index in [0.717, 1.165) is 17.7 Å². The molecule has 0 bridgehead atoms. The largest absolute Gasteiger partial charge is 0.455 e. The van der Waals surface area contributed by atoms with Crippen LogP contribution in [0.1, 0.15) is 11.1 Å². The summed E-state index contributed by atoms with van der Waals surface area (Å²) in [5, 5.41) is 0.518. The first-order valence-corrected chi connectivity index (χ1v) is 7.80. The summed E-state index contributed by atoms with van der Waals surface area (Å²) in [6.07, 6.45) is 0.888. The molecule has 0 spiro atoms. The van der Waals surface area contributed by atoms with Crippen LogP contribution in [0.2, 0.25) is 5.02 Å². The zero-order chi connectivity index (χ0) is 16.2. The molecule has 1 heterocycles. The number of carbonyl (C=O) groups excluding carboxylic acids is 2. The first-order chi connectivity index (χ1) is 11.1. The Morgan fingerprint density at radius 2 is 1.83 bits per heavy atom. The minimum atomic E-state index is -0.459. The van der Waals surface area contributed by atoms with E-state index in [9.17, 15) is 9.59 Å². The summed E-state index contributed by atoms with van der Waals surface area (Å²) in [4.78, 5) is 25.8. The SMILES string of the molecule is O=C(Cc1ccccc1Cl)OCC(=O)N1CCc2ccccc21. The Hall–Kier alpha value is -2.33. The lowest BCUT2D eigenvalue weighted by Crippen LogP contribution is -2.33. The second-order valence-electron chi connectivity index (χ2n) is 5.35. The van der Waals surface area contributed by atoms with Crippen molar-refractivity contribution in [2.75, 3.05) is 18.1 Å². The van der Waals surface area contributed by atoms with Crippen LogP contribution in [0.5, 0.6) is 0 Å². The molecule has 3 rings (SSSR count). The lowest BCUT2D eigenvalue weighted by Gasteiger charge is -2.17. The van der Waals surface area contributed by atoms with Crippen molar-refractivity contribution in [3.8, 4) is 0 Å².